The molecule has 0 radical (unpaired) electrons. The second-order valence-electron chi connectivity index (χ2n) is 3.89. The van der Waals surface area contributed by atoms with Crippen LogP contribution >= 0.6 is 0 Å². The van der Waals surface area contributed by atoms with Gasteiger partial charge in [-0.15, -0.1) is 0 Å². The van der Waals surface area contributed by atoms with Crippen molar-refractivity contribution in [3.63, 3.8) is 0 Å². The van der Waals surface area contributed by atoms with Crippen LogP contribution in [0.3, 0.4) is 0 Å². The standard InChI is InChI=1S/C11H12O4/c12-6-7-1-2-8(5-9(7)13)11(3-4-11)10(14)15/h1-2,5,12-13H,3-4,6H2,(H,14,15). The summed E-state index contributed by atoms with van der Waals surface area (Å²) in [6, 6.07) is 4.66. The predicted molar refractivity (Wildman–Crippen MR) is 52.6 cm³/mol. The SMILES string of the molecule is O=C(O)C1(c2ccc(CO)c(O)c2)CC1. The van der Waals surface area contributed by atoms with Gasteiger partial charge in [0.1, 0.15) is 5.75 Å². The third-order valence-electron chi connectivity index (χ3n) is 2.97. The fourth-order valence-electron chi connectivity index (χ4n) is 1.75. The summed E-state index contributed by atoms with van der Waals surface area (Å²) >= 11 is 0. The van der Waals surface area contributed by atoms with Gasteiger partial charge in [-0.3, -0.25) is 4.79 Å². The topological polar surface area (TPSA) is 77.8 Å². The number of hydrogen-bond acceptors (Lipinski definition) is 3. The predicted octanol–water partition coefficient (Wildman–Crippen LogP) is 1.00. The van der Waals surface area contributed by atoms with E-state index in [0.29, 0.717) is 24.0 Å². The van der Waals surface area contributed by atoms with Gasteiger partial charge in [0.15, 0.2) is 0 Å². The average Bonchev–Trinajstić information content (AvgIpc) is 2.98. The minimum absolute atomic E-state index is 0.0393. The van der Waals surface area contributed by atoms with Crippen LogP contribution in [0.25, 0.3) is 0 Å². The highest BCUT2D eigenvalue weighted by Gasteiger charge is 2.51. The molecule has 4 nitrogen and oxygen atoms in total. The number of rotatable bonds is 3. The van der Waals surface area contributed by atoms with Crippen molar-refractivity contribution >= 4 is 5.97 Å². The van der Waals surface area contributed by atoms with Crippen molar-refractivity contribution in [3.8, 4) is 5.75 Å². The largest absolute Gasteiger partial charge is 0.508 e. The summed E-state index contributed by atoms with van der Waals surface area (Å²) in [4.78, 5) is 11.0. The minimum Gasteiger partial charge on any atom is -0.508 e. The monoisotopic (exact) mass is 208 g/mol. The van der Waals surface area contributed by atoms with E-state index in [1.165, 1.54) is 6.07 Å². The molecule has 1 aliphatic carbocycles. The Kier molecular flexibility index (Phi) is 2.16. The number of aliphatic hydroxyl groups is 1. The van der Waals surface area contributed by atoms with Gasteiger partial charge in [-0.05, 0) is 24.5 Å². The molecular formula is C11H12O4. The van der Waals surface area contributed by atoms with Crippen LogP contribution in [0.5, 0.6) is 5.75 Å². The highest BCUT2D eigenvalue weighted by Crippen LogP contribution is 2.49. The van der Waals surface area contributed by atoms with Crippen LogP contribution < -0.4 is 0 Å². The molecule has 4 heteroatoms. The van der Waals surface area contributed by atoms with E-state index in [4.69, 9.17) is 10.2 Å². The normalized spacial score (nSPS) is 17.4. The summed E-state index contributed by atoms with van der Waals surface area (Å²) in [7, 11) is 0. The van der Waals surface area contributed by atoms with Crippen LogP contribution in [-0.4, -0.2) is 21.3 Å². The van der Waals surface area contributed by atoms with E-state index in [-0.39, 0.29) is 12.4 Å². The van der Waals surface area contributed by atoms with Crippen LogP contribution in [0.4, 0.5) is 0 Å². The molecule has 0 heterocycles. The van der Waals surface area contributed by atoms with E-state index < -0.39 is 11.4 Å². The lowest BCUT2D eigenvalue weighted by molar-refractivity contribution is -0.140. The maximum atomic E-state index is 11.0. The second kappa shape index (κ2) is 3.24. The van der Waals surface area contributed by atoms with Gasteiger partial charge in [-0.2, -0.15) is 0 Å². The lowest BCUT2D eigenvalue weighted by Crippen LogP contribution is -2.19. The van der Waals surface area contributed by atoms with E-state index in [2.05, 4.69) is 0 Å². The quantitative estimate of drug-likeness (QED) is 0.692. The molecule has 2 rings (SSSR count). The third-order valence-corrected chi connectivity index (χ3v) is 2.97. The Bertz CT molecular complexity index is 407. The molecular weight excluding hydrogens is 196 g/mol. The van der Waals surface area contributed by atoms with Gasteiger partial charge in [0.05, 0.1) is 12.0 Å². The first-order valence-electron chi connectivity index (χ1n) is 4.77. The molecule has 1 aliphatic rings. The van der Waals surface area contributed by atoms with Crippen molar-refractivity contribution in [2.45, 2.75) is 24.9 Å². The first kappa shape index (κ1) is 9.98. The van der Waals surface area contributed by atoms with Gasteiger partial charge in [0, 0.05) is 5.56 Å². The van der Waals surface area contributed by atoms with Gasteiger partial charge in [-0.25, -0.2) is 0 Å². The number of benzene rings is 1. The molecule has 15 heavy (non-hydrogen) atoms. The minimum atomic E-state index is -0.848. The first-order chi connectivity index (χ1) is 7.10. The molecule has 80 valence electrons. The molecule has 0 atom stereocenters. The van der Waals surface area contributed by atoms with Crippen molar-refractivity contribution in [3.05, 3.63) is 29.3 Å². The van der Waals surface area contributed by atoms with Crippen molar-refractivity contribution < 1.29 is 20.1 Å². The van der Waals surface area contributed by atoms with Crippen LogP contribution in [0.2, 0.25) is 0 Å². The second-order valence-corrected chi connectivity index (χ2v) is 3.89. The molecule has 0 amide bonds. The van der Waals surface area contributed by atoms with Gasteiger partial charge in [0.2, 0.25) is 0 Å². The summed E-state index contributed by atoms with van der Waals surface area (Å²) < 4.78 is 0. The molecule has 0 bridgehead atoms. The van der Waals surface area contributed by atoms with Crippen LogP contribution in [0.1, 0.15) is 24.0 Å². The van der Waals surface area contributed by atoms with E-state index in [0.717, 1.165) is 0 Å². The van der Waals surface area contributed by atoms with Gasteiger partial charge in [0.25, 0.3) is 0 Å². The first-order valence-corrected chi connectivity index (χ1v) is 4.77. The summed E-state index contributed by atoms with van der Waals surface area (Å²) in [5.41, 5.74) is 0.232. The third kappa shape index (κ3) is 1.47. The van der Waals surface area contributed by atoms with E-state index in [1.807, 2.05) is 0 Å². The smallest absolute Gasteiger partial charge is 0.314 e. The molecule has 1 fully saturated rings. The molecule has 1 aromatic rings. The summed E-state index contributed by atoms with van der Waals surface area (Å²) in [6.45, 7) is -0.244. The number of aliphatic carboxylic acids is 1. The van der Waals surface area contributed by atoms with E-state index in [1.54, 1.807) is 12.1 Å². The highest BCUT2D eigenvalue weighted by atomic mass is 16.4. The summed E-state index contributed by atoms with van der Waals surface area (Å²) in [5.74, 6) is -0.888. The van der Waals surface area contributed by atoms with E-state index >= 15 is 0 Å². The lowest BCUT2D eigenvalue weighted by Gasteiger charge is -2.11. The number of carboxylic acid groups (broad SMARTS) is 1. The Morgan fingerprint density at radius 1 is 1.40 bits per heavy atom. The number of hydrogen-bond donors (Lipinski definition) is 3. The zero-order chi connectivity index (χ0) is 11.1. The Morgan fingerprint density at radius 2 is 2.07 bits per heavy atom. The highest BCUT2D eigenvalue weighted by molar-refractivity contribution is 5.85. The van der Waals surface area contributed by atoms with Gasteiger partial charge >= 0.3 is 5.97 Å². The van der Waals surface area contributed by atoms with Crippen molar-refractivity contribution in [2.75, 3.05) is 0 Å². The van der Waals surface area contributed by atoms with Crippen LogP contribution in [0, 0.1) is 0 Å². The number of aromatic hydroxyl groups is 1. The molecule has 0 saturated heterocycles. The average molecular weight is 208 g/mol. The van der Waals surface area contributed by atoms with Gasteiger partial charge < -0.3 is 15.3 Å². The molecule has 0 unspecified atom stereocenters. The Labute approximate surface area is 86.8 Å². The lowest BCUT2D eigenvalue weighted by atomic mass is 9.95. The maximum absolute atomic E-state index is 11.0. The van der Waals surface area contributed by atoms with Crippen molar-refractivity contribution in [2.24, 2.45) is 0 Å². The van der Waals surface area contributed by atoms with Crippen molar-refractivity contribution in [1.82, 2.24) is 0 Å². The fourth-order valence-corrected chi connectivity index (χ4v) is 1.75. The molecule has 1 saturated carbocycles. The van der Waals surface area contributed by atoms with Crippen molar-refractivity contribution in [1.29, 1.82) is 0 Å². The number of aliphatic hydroxyl groups excluding tert-OH is 1. The molecule has 1 aromatic carbocycles. The zero-order valence-corrected chi connectivity index (χ0v) is 8.10. The number of carbonyl (C=O) groups is 1. The van der Waals surface area contributed by atoms with Crippen LogP contribution in [0.15, 0.2) is 18.2 Å². The molecule has 3 N–H and O–H groups in total. The fraction of sp³-hybridized carbons (Fsp3) is 0.364. The van der Waals surface area contributed by atoms with Crippen LogP contribution in [-0.2, 0) is 16.8 Å². The molecule has 0 aromatic heterocycles. The van der Waals surface area contributed by atoms with E-state index in [9.17, 15) is 9.90 Å². The molecule has 0 spiro atoms. The summed E-state index contributed by atoms with van der Waals surface area (Å²) in [5, 5.41) is 27.4. The Balaban J connectivity index is 2.39. The number of carboxylic acids is 1. The molecule has 0 aliphatic heterocycles. The van der Waals surface area contributed by atoms with Gasteiger partial charge in [-0.1, -0.05) is 12.1 Å². The Morgan fingerprint density at radius 3 is 2.47 bits per heavy atom. The zero-order valence-electron chi connectivity index (χ0n) is 8.10. The maximum Gasteiger partial charge on any atom is 0.314 e. The Hall–Kier alpha value is -1.55. The summed E-state index contributed by atoms with van der Waals surface area (Å²) in [6.07, 6.45) is 1.22. The number of phenols is 1.